The second-order valence-corrected chi connectivity index (χ2v) is 8.87. The van der Waals surface area contributed by atoms with Crippen molar-refractivity contribution in [2.45, 2.75) is 51.5 Å². The minimum atomic E-state index is -0.473. The molecule has 7 nitrogen and oxygen atoms in total. The Morgan fingerprint density at radius 2 is 1.76 bits per heavy atom. The zero-order chi connectivity index (χ0) is 23.4. The van der Waals surface area contributed by atoms with Crippen molar-refractivity contribution in [3.63, 3.8) is 0 Å². The first-order chi connectivity index (χ1) is 16.0. The number of piperidine rings is 1. The van der Waals surface area contributed by atoms with E-state index in [0.29, 0.717) is 37.3 Å². The van der Waals surface area contributed by atoms with Gasteiger partial charge in [0.1, 0.15) is 5.75 Å². The fourth-order valence-electron chi connectivity index (χ4n) is 4.65. The summed E-state index contributed by atoms with van der Waals surface area (Å²) in [6.45, 7) is 3.30. The number of benzene rings is 2. The molecule has 2 aromatic rings. The van der Waals surface area contributed by atoms with Crippen LogP contribution >= 0.6 is 0 Å². The molecule has 2 aromatic carbocycles. The third-order valence-corrected chi connectivity index (χ3v) is 6.64. The van der Waals surface area contributed by atoms with Gasteiger partial charge in [-0.05, 0) is 68.6 Å². The molecule has 33 heavy (non-hydrogen) atoms. The van der Waals surface area contributed by atoms with Gasteiger partial charge in [0.05, 0.1) is 23.8 Å². The van der Waals surface area contributed by atoms with Gasteiger partial charge in [0.2, 0.25) is 11.8 Å². The normalized spacial score (nSPS) is 19.8. The molecule has 0 aromatic heterocycles. The maximum Gasteiger partial charge on any atom is 0.251 e. The molecule has 0 radical (unpaired) electrons. The second-order valence-electron chi connectivity index (χ2n) is 8.87. The van der Waals surface area contributed by atoms with Crippen LogP contribution in [0.4, 0.5) is 11.4 Å². The van der Waals surface area contributed by atoms with Crippen LogP contribution in [0.3, 0.4) is 0 Å². The Morgan fingerprint density at radius 1 is 1.06 bits per heavy atom. The van der Waals surface area contributed by atoms with Gasteiger partial charge in [-0.1, -0.05) is 37.6 Å². The number of phenols is 1. The molecule has 174 valence electrons. The zero-order valence-corrected chi connectivity index (χ0v) is 19.0. The molecule has 3 amide bonds. The van der Waals surface area contributed by atoms with E-state index in [0.717, 1.165) is 19.3 Å². The first kappa shape index (κ1) is 23.0. The summed E-state index contributed by atoms with van der Waals surface area (Å²) in [5.41, 5.74) is 2.24. The number of aromatic hydroxyl groups is 1. The topological polar surface area (TPSA) is 90.0 Å². The van der Waals surface area contributed by atoms with Gasteiger partial charge in [0.15, 0.2) is 0 Å². The fraction of sp³-hybridized carbons (Fsp3) is 0.423. The van der Waals surface area contributed by atoms with E-state index in [4.69, 9.17) is 0 Å². The summed E-state index contributed by atoms with van der Waals surface area (Å²) in [4.78, 5) is 41.8. The molecule has 0 aliphatic carbocycles. The SMILES string of the molecule is CCCCc1ccc(N2C(=O)C[C@H](N3CCC(C(=O)Nc4ccccc4O)CC3)C2=O)cc1. The first-order valence-electron chi connectivity index (χ1n) is 11.8. The molecule has 4 rings (SSSR count). The first-order valence-corrected chi connectivity index (χ1v) is 11.8. The molecule has 7 heteroatoms. The molecule has 0 bridgehead atoms. The molecule has 2 fully saturated rings. The quantitative estimate of drug-likeness (QED) is 0.497. The van der Waals surface area contributed by atoms with Gasteiger partial charge in [-0.3, -0.25) is 19.3 Å². The Bertz CT molecular complexity index is 1010. The van der Waals surface area contributed by atoms with Crippen molar-refractivity contribution >= 4 is 29.1 Å². The number of phenolic OH excluding ortho intramolecular Hbond substituents is 1. The van der Waals surface area contributed by atoms with Crippen LogP contribution in [0.15, 0.2) is 48.5 Å². The van der Waals surface area contributed by atoms with Crippen LogP contribution in [0.1, 0.15) is 44.6 Å². The van der Waals surface area contributed by atoms with Crippen LogP contribution in [-0.4, -0.2) is 46.9 Å². The molecule has 2 heterocycles. The Morgan fingerprint density at radius 3 is 2.42 bits per heavy atom. The monoisotopic (exact) mass is 449 g/mol. The zero-order valence-electron chi connectivity index (χ0n) is 19.0. The number of carbonyl (C=O) groups is 3. The summed E-state index contributed by atoms with van der Waals surface area (Å²) >= 11 is 0. The number of nitrogens with zero attached hydrogens (tertiary/aromatic N) is 2. The number of aryl methyl sites for hydroxylation is 1. The van der Waals surface area contributed by atoms with Crippen molar-refractivity contribution in [2.75, 3.05) is 23.3 Å². The van der Waals surface area contributed by atoms with Crippen molar-refractivity contribution in [1.82, 2.24) is 4.90 Å². The number of para-hydroxylation sites is 2. The van der Waals surface area contributed by atoms with Gasteiger partial charge < -0.3 is 10.4 Å². The van der Waals surface area contributed by atoms with Crippen LogP contribution in [0, 0.1) is 5.92 Å². The number of anilines is 2. The number of imide groups is 1. The Balaban J connectivity index is 1.34. The van der Waals surface area contributed by atoms with Crippen molar-refractivity contribution in [2.24, 2.45) is 5.92 Å². The maximum absolute atomic E-state index is 13.1. The van der Waals surface area contributed by atoms with Gasteiger partial charge in [-0.2, -0.15) is 0 Å². The maximum atomic E-state index is 13.1. The molecule has 0 spiro atoms. The summed E-state index contributed by atoms with van der Waals surface area (Å²) in [5, 5.41) is 12.7. The summed E-state index contributed by atoms with van der Waals surface area (Å²) in [6, 6.07) is 13.9. The van der Waals surface area contributed by atoms with Crippen LogP contribution in [0.25, 0.3) is 0 Å². The lowest BCUT2D eigenvalue weighted by molar-refractivity contribution is -0.123. The summed E-state index contributed by atoms with van der Waals surface area (Å²) in [5.74, 6) is -0.643. The number of carbonyl (C=O) groups excluding carboxylic acids is 3. The van der Waals surface area contributed by atoms with Crippen molar-refractivity contribution in [3.05, 3.63) is 54.1 Å². The lowest BCUT2D eigenvalue weighted by Crippen LogP contribution is -2.47. The number of rotatable bonds is 7. The molecule has 2 N–H and O–H groups in total. The van der Waals surface area contributed by atoms with Gasteiger partial charge in [-0.25, -0.2) is 4.90 Å². The molecule has 0 unspecified atom stereocenters. The highest BCUT2D eigenvalue weighted by molar-refractivity contribution is 6.22. The van der Waals surface area contributed by atoms with E-state index in [9.17, 15) is 19.5 Å². The van der Waals surface area contributed by atoms with Crippen LogP contribution in [0.2, 0.25) is 0 Å². The molecule has 0 saturated carbocycles. The Hall–Kier alpha value is -3.19. The third kappa shape index (κ3) is 5.09. The molecular formula is C26H31N3O4. The average Bonchev–Trinajstić information content (AvgIpc) is 3.13. The average molecular weight is 450 g/mol. The number of likely N-dealkylation sites (tertiary alicyclic amines) is 1. The van der Waals surface area contributed by atoms with Crippen LogP contribution in [0.5, 0.6) is 5.75 Å². The van der Waals surface area contributed by atoms with Gasteiger partial charge in [-0.15, -0.1) is 0 Å². The highest BCUT2D eigenvalue weighted by Gasteiger charge is 2.43. The molecule has 2 aliphatic heterocycles. The smallest absolute Gasteiger partial charge is 0.251 e. The largest absolute Gasteiger partial charge is 0.506 e. The van der Waals surface area contributed by atoms with Gasteiger partial charge in [0.25, 0.3) is 5.91 Å². The minimum Gasteiger partial charge on any atom is -0.506 e. The highest BCUT2D eigenvalue weighted by Crippen LogP contribution is 2.30. The van der Waals surface area contributed by atoms with E-state index in [1.807, 2.05) is 29.2 Å². The summed E-state index contributed by atoms with van der Waals surface area (Å²) in [6.07, 6.45) is 4.61. The number of hydrogen-bond donors (Lipinski definition) is 2. The highest BCUT2D eigenvalue weighted by atomic mass is 16.3. The Labute approximate surface area is 194 Å². The van der Waals surface area contributed by atoms with Crippen molar-refractivity contribution < 1.29 is 19.5 Å². The number of unbranched alkanes of at least 4 members (excludes halogenated alkanes) is 1. The van der Waals surface area contributed by atoms with E-state index in [1.165, 1.54) is 16.5 Å². The van der Waals surface area contributed by atoms with Crippen molar-refractivity contribution in [1.29, 1.82) is 0 Å². The second kappa shape index (κ2) is 10.2. The molecular weight excluding hydrogens is 418 g/mol. The molecule has 2 saturated heterocycles. The van der Waals surface area contributed by atoms with Crippen molar-refractivity contribution in [3.8, 4) is 5.75 Å². The summed E-state index contributed by atoms with van der Waals surface area (Å²) < 4.78 is 0. The lowest BCUT2D eigenvalue weighted by atomic mass is 9.94. The van der Waals surface area contributed by atoms with Crippen LogP contribution < -0.4 is 10.2 Å². The minimum absolute atomic E-state index is 0.0387. The number of hydrogen-bond acceptors (Lipinski definition) is 5. The van der Waals surface area contributed by atoms with E-state index in [1.54, 1.807) is 18.2 Å². The summed E-state index contributed by atoms with van der Waals surface area (Å²) in [7, 11) is 0. The number of amides is 3. The molecule has 1 atom stereocenters. The van der Waals surface area contributed by atoms with E-state index in [-0.39, 0.29) is 35.8 Å². The fourth-order valence-corrected chi connectivity index (χ4v) is 4.65. The third-order valence-electron chi connectivity index (χ3n) is 6.64. The predicted octanol–water partition coefficient (Wildman–Crippen LogP) is 3.72. The van der Waals surface area contributed by atoms with Gasteiger partial charge in [0, 0.05) is 5.92 Å². The predicted molar refractivity (Wildman–Crippen MR) is 127 cm³/mol. The lowest BCUT2D eigenvalue weighted by Gasteiger charge is -2.34. The van der Waals surface area contributed by atoms with E-state index >= 15 is 0 Å². The van der Waals surface area contributed by atoms with E-state index < -0.39 is 6.04 Å². The van der Waals surface area contributed by atoms with Gasteiger partial charge >= 0.3 is 0 Å². The van der Waals surface area contributed by atoms with E-state index in [2.05, 4.69) is 12.2 Å². The van der Waals surface area contributed by atoms with Crippen LogP contribution in [-0.2, 0) is 20.8 Å². The Kier molecular flexibility index (Phi) is 7.08. The standard InChI is InChI=1S/C26H31N3O4/c1-2-3-6-18-9-11-20(12-10-18)29-24(31)17-22(26(29)33)28-15-13-19(14-16-28)25(32)27-21-7-4-5-8-23(21)30/h4-5,7-12,19,22,30H,2-3,6,13-17H2,1H3,(H,27,32)/t22-/m0/s1. The number of nitrogens with one attached hydrogen (secondary N) is 1. The molecule has 2 aliphatic rings.